The minimum absolute atomic E-state index is 0.108. The van der Waals surface area contributed by atoms with Crippen molar-refractivity contribution in [1.82, 2.24) is 14.5 Å². The van der Waals surface area contributed by atoms with Crippen LogP contribution in [0, 0.1) is 12.8 Å². The molecule has 0 saturated heterocycles. The highest BCUT2D eigenvalue weighted by molar-refractivity contribution is 6.30. The van der Waals surface area contributed by atoms with E-state index in [1.54, 1.807) is 16.7 Å². The molecule has 156 valence electrons. The van der Waals surface area contributed by atoms with E-state index in [2.05, 4.69) is 6.92 Å². The van der Waals surface area contributed by atoms with Crippen LogP contribution >= 0.6 is 11.6 Å². The number of benzene rings is 2. The van der Waals surface area contributed by atoms with Crippen molar-refractivity contribution in [3.8, 4) is 5.69 Å². The van der Waals surface area contributed by atoms with Gasteiger partial charge in [0.2, 0.25) is 5.91 Å². The summed E-state index contributed by atoms with van der Waals surface area (Å²) in [5.41, 5.74) is 2.12. The number of carbonyl (C=O) groups excluding carboxylic acids is 1. The molecule has 1 atom stereocenters. The van der Waals surface area contributed by atoms with Gasteiger partial charge in [-0.1, -0.05) is 30.7 Å². The number of nitrogens with zero attached hydrogens (tertiary/aromatic N) is 3. The molecule has 1 heterocycles. The molecule has 1 aromatic heterocycles. The van der Waals surface area contributed by atoms with Gasteiger partial charge in [0, 0.05) is 17.5 Å². The highest BCUT2D eigenvalue weighted by atomic mass is 35.5. The van der Waals surface area contributed by atoms with Gasteiger partial charge in [-0.2, -0.15) is 0 Å². The summed E-state index contributed by atoms with van der Waals surface area (Å²) in [4.78, 5) is 33.3. The van der Waals surface area contributed by atoms with Crippen LogP contribution in [0.2, 0.25) is 5.02 Å². The van der Waals surface area contributed by atoms with E-state index in [1.165, 1.54) is 0 Å². The first-order chi connectivity index (χ1) is 14.4. The van der Waals surface area contributed by atoms with Gasteiger partial charge in [-0.15, -0.1) is 0 Å². The van der Waals surface area contributed by atoms with Crippen molar-refractivity contribution in [2.24, 2.45) is 5.92 Å². The smallest absolute Gasteiger partial charge is 0.266 e. The quantitative estimate of drug-likeness (QED) is 0.557. The van der Waals surface area contributed by atoms with Crippen LogP contribution in [0.5, 0.6) is 0 Å². The first-order valence-corrected chi connectivity index (χ1v) is 10.9. The predicted molar refractivity (Wildman–Crippen MR) is 120 cm³/mol. The van der Waals surface area contributed by atoms with Crippen LogP contribution in [0.4, 0.5) is 0 Å². The summed E-state index contributed by atoms with van der Waals surface area (Å²) in [6, 6.07) is 12.5. The second-order valence-electron chi connectivity index (χ2n) is 8.04. The van der Waals surface area contributed by atoms with Crippen molar-refractivity contribution < 1.29 is 4.79 Å². The minimum Gasteiger partial charge on any atom is -0.333 e. The molecule has 30 heavy (non-hydrogen) atoms. The van der Waals surface area contributed by atoms with E-state index in [4.69, 9.17) is 16.6 Å². The molecule has 1 fully saturated rings. The first kappa shape index (κ1) is 20.6. The normalized spacial score (nSPS) is 14.7. The summed E-state index contributed by atoms with van der Waals surface area (Å²) in [5.74, 6) is 0.842. The number of hydrogen-bond acceptors (Lipinski definition) is 3. The average molecular weight is 424 g/mol. The summed E-state index contributed by atoms with van der Waals surface area (Å²) < 4.78 is 1.65. The zero-order chi connectivity index (χ0) is 21.4. The second kappa shape index (κ2) is 8.23. The van der Waals surface area contributed by atoms with Gasteiger partial charge in [0.1, 0.15) is 5.82 Å². The molecule has 0 radical (unpaired) electrons. The number of aryl methyl sites for hydroxylation is 1. The fourth-order valence-electron chi connectivity index (χ4n) is 3.97. The van der Waals surface area contributed by atoms with Gasteiger partial charge in [0.05, 0.1) is 22.6 Å². The largest absolute Gasteiger partial charge is 0.333 e. The number of rotatable bonds is 6. The Bertz CT molecular complexity index is 1170. The maximum atomic E-state index is 13.6. The van der Waals surface area contributed by atoms with Crippen molar-refractivity contribution >= 4 is 28.4 Å². The maximum absolute atomic E-state index is 13.6. The number of aromatic nitrogens is 2. The van der Waals surface area contributed by atoms with Crippen molar-refractivity contribution in [3.05, 3.63) is 69.2 Å². The number of halogens is 1. The third-order valence-electron chi connectivity index (χ3n) is 5.72. The lowest BCUT2D eigenvalue weighted by atomic mass is 10.1. The summed E-state index contributed by atoms with van der Waals surface area (Å²) in [7, 11) is 0. The molecule has 0 N–H and O–H groups in total. The lowest BCUT2D eigenvalue weighted by Gasteiger charge is -2.30. The van der Waals surface area contributed by atoms with Crippen molar-refractivity contribution in [2.45, 2.75) is 46.1 Å². The van der Waals surface area contributed by atoms with Crippen LogP contribution < -0.4 is 5.56 Å². The van der Waals surface area contributed by atoms with E-state index in [1.807, 2.05) is 49.1 Å². The SMILES string of the molecule is CCCN(C(=O)C1CC1)C(C)c1nc2ccccc2c(=O)n1-c1ccc(Cl)cc1C. The van der Waals surface area contributed by atoms with E-state index in [0.717, 1.165) is 30.5 Å². The van der Waals surface area contributed by atoms with Crippen LogP contribution in [-0.2, 0) is 4.79 Å². The highest BCUT2D eigenvalue weighted by Crippen LogP contribution is 2.34. The van der Waals surface area contributed by atoms with Crippen LogP contribution in [0.1, 0.15) is 50.5 Å². The fourth-order valence-corrected chi connectivity index (χ4v) is 4.20. The molecule has 6 heteroatoms. The molecule has 2 aromatic carbocycles. The Kier molecular flexibility index (Phi) is 5.65. The Morgan fingerprint density at radius 3 is 2.67 bits per heavy atom. The van der Waals surface area contributed by atoms with Crippen molar-refractivity contribution in [3.63, 3.8) is 0 Å². The first-order valence-electron chi connectivity index (χ1n) is 10.5. The molecule has 5 nitrogen and oxygen atoms in total. The summed E-state index contributed by atoms with van der Waals surface area (Å²) >= 11 is 6.16. The van der Waals surface area contributed by atoms with Gasteiger partial charge in [-0.25, -0.2) is 4.98 Å². The molecule has 1 unspecified atom stereocenters. The monoisotopic (exact) mass is 423 g/mol. The molecule has 1 aliphatic carbocycles. The molecular weight excluding hydrogens is 398 g/mol. The van der Waals surface area contributed by atoms with E-state index in [9.17, 15) is 9.59 Å². The highest BCUT2D eigenvalue weighted by Gasteiger charge is 2.36. The molecule has 1 amide bonds. The van der Waals surface area contributed by atoms with Crippen molar-refractivity contribution in [1.29, 1.82) is 0 Å². The number of amides is 1. The predicted octanol–water partition coefficient (Wildman–Crippen LogP) is 5.06. The molecular formula is C24H26ClN3O2. The number of para-hydroxylation sites is 1. The van der Waals surface area contributed by atoms with E-state index < -0.39 is 0 Å². The minimum atomic E-state index is -0.328. The third kappa shape index (κ3) is 3.74. The van der Waals surface area contributed by atoms with Crippen LogP contribution in [0.3, 0.4) is 0 Å². The van der Waals surface area contributed by atoms with Gasteiger partial charge in [0.25, 0.3) is 5.56 Å². The Morgan fingerprint density at radius 2 is 2.00 bits per heavy atom. The third-order valence-corrected chi connectivity index (χ3v) is 5.95. The number of hydrogen-bond donors (Lipinski definition) is 0. The van der Waals surface area contributed by atoms with E-state index >= 15 is 0 Å². The van der Waals surface area contributed by atoms with Gasteiger partial charge >= 0.3 is 0 Å². The summed E-state index contributed by atoms with van der Waals surface area (Å²) in [6.07, 6.45) is 2.74. The Balaban J connectivity index is 1.95. The van der Waals surface area contributed by atoms with E-state index in [0.29, 0.717) is 28.3 Å². The maximum Gasteiger partial charge on any atom is 0.266 e. The number of carbonyl (C=O) groups is 1. The molecule has 1 saturated carbocycles. The molecule has 0 spiro atoms. The standard InChI is InChI=1S/C24H26ClN3O2/c1-4-13-27(23(29)17-9-10-17)16(3)22-26-20-8-6-5-7-19(20)24(30)28(22)21-12-11-18(25)14-15(21)2/h5-8,11-12,14,16-17H,4,9-10,13H2,1-3H3. The molecule has 0 aliphatic heterocycles. The topological polar surface area (TPSA) is 55.2 Å². The molecule has 0 bridgehead atoms. The zero-order valence-corrected chi connectivity index (χ0v) is 18.3. The average Bonchev–Trinajstić information content (AvgIpc) is 3.57. The Hall–Kier alpha value is -2.66. The molecule has 4 rings (SSSR count). The number of fused-ring (bicyclic) bond motifs is 1. The van der Waals surface area contributed by atoms with Gasteiger partial charge in [-0.3, -0.25) is 14.2 Å². The summed E-state index contributed by atoms with van der Waals surface area (Å²) in [6.45, 7) is 6.59. The Labute approximate surface area is 181 Å². The zero-order valence-electron chi connectivity index (χ0n) is 17.6. The molecule has 1 aliphatic rings. The fraction of sp³-hybridized carbons (Fsp3) is 0.375. The van der Waals surface area contributed by atoms with Crippen LogP contribution in [0.15, 0.2) is 47.3 Å². The van der Waals surface area contributed by atoms with Crippen LogP contribution in [0.25, 0.3) is 16.6 Å². The van der Waals surface area contributed by atoms with Gasteiger partial charge in [-0.05, 0) is 69.0 Å². The second-order valence-corrected chi connectivity index (χ2v) is 8.48. The summed E-state index contributed by atoms with van der Waals surface area (Å²) in [5, 5.41) is 1.17. The molecule has 3 aromatic rings. The lowest BCUT2D eigenvalue weighted by Crippen LogP contribution is -2.38. The Morgan fingerprint density at radius 1 is 1.27 bits per heavy atom. The van der Waals surface area contributed by atoms with Crippen LogP contribution in [-0.4, -0.2) is 26.9 Å². The van der Waals surface area contributed by atoms with Gasteiger partial charge in [0.15, 0.2) is 0 Å². The van der Waals surface area contributed by atoms with Gasteiger partial charge < -0.3 is 4.90 Å². The van der Waals surface area contributed by atoms with E-state index in [-0.39, 0.29) is 23.4 Å². The lowest BCUT2D eigenvalue weighted by molar-refractivity contribution is -0.135. The van der Waals surface area contributed by atoms with Crippen molar-refractivity contribution in [2.75, 3.05) is 6.54 Å².